The van der Waals surface area contributed by atoms with Crippen LogP contribution in [0.4, 0.5) is 0 Å². The van der Waals surface area contributed by atoms with E-state index in [1.807, 2.05) is 12.1 Å². The molecule has 0 aromatic heterocycles. The molecule has 0 saturated carbocycles. The highest BCUT2D eigenvalue weighted by atomic mass is 16.1. The summed E-state index contributed by atoms with van der Waals surface area (Å²) in [6.45, 7) is 2.27. The van der Waals surface area contributed by atoms with Crippen molar-refractivity contribution in [1.29, 1.82) is 0 Å². The lowest BCUT2D eigenvalue weighted by atomic mass is 10.0. The maximum Gasteiger partial charge on any atom is 0.222 e. The number of aliphatic imine (C=N–C) groups is 1. The predicted octanol–water partition coefficient (Wildman–Crippen LogP) is 1.32. The second kappa shape index (κ2) is 4.26. The van der Waals surface area contributed by atoms with E-state index in [0.717, 1.165) is 25.2 Å². The normalized spacial score (nSPS) is 14.9. The molecule has 78 valence electrons. The number of benzene rings is 1. The lowest BCUT2D eigenvalue weighted by Gasteiger charge is -2.06. The molecule has 0 spiro atoms. The predicted molar refractivity (Wildman–Crippen MR) is 60.0 cm³/mol. The fourth-order valence-electron chi connectivity index (χ4n) is 1.81. The summed E-state index contributed by atoms with van der Waals surface area (Å²) < 4.78 is 0. The molecule has 3 heteroatoms. The molecule has 0 bridgehead atoms. The number of rotatable bonds is 0. The average Bonchev–Trinajstić information content (AvgIpc) is 2.38. The van der Waals surface area contributed by atoms with Crippen molar-refractivity contribution in [2.24, 2.45) is 4.99 Å². The second-order valence-corrected chi connectivity index (χ2v) is 3.71. The Balaban J connectivity index is 2.20. The minimum absolute atomic E-state index is 0.0480. The molecule has 0 saturated heterocycles. The molecule has 0 radical (unpaired) electrons. The van der Waals surface area contributed by atoms with Gasteiger partial charge in [-0.2, -0.15) is 0 Å². The molecule has 1 aromatic carbocycles. The second-order valence-electron chi connectivity index (χ2n) is 3.71. The van der Waals surface area contributed by atoms with Crippen molar-refractivity contribution in [3.8, 4) is 0 Å². The number of carbonyl (C=O) groups excluding carboxylic acids is 1. The van der Waals surface area contributed by atoms with Gasteiger partial charge in [-0.1, -0.05) is 24.3 Å². The van der Waals surface area contributed by atoms with Gasteiger partial charge in [0, 0.05) is 19.9 Å². The lowest BCUT2D eigenvalue weighted by molar-refractivity contribution is -0.117. The van der Waals surface area contributed by atoms with Gasteiger partial charge in [0.2, 0.25) is 5.91 Å². The third kappa shape index (κ3) is 2.43. The number of nitrogens with zero attached hydrogens (tertiary/aromatic N) is 1. The smallest absolute Gasteiger partial charge is 0.222 e. The highest BCUT2D eigenvalue weighted by Gasteiger charge is 2.10. The van der Waals surface area contributed by atoms with Crippen LogP contribution in [0.2, 0.25) is 0 Å². The van der Waals surface area contributed by atoms with Gasteiger partial charge in [-0.3, -0.25) is 9.79 Å². The van der Waals surface area contributed by atoms with Gasteiger partial charge >= 0.3 is 0 Å². The van der Waals surface area contributed by atoms with Crippen LogP contribution in [-0.4, -0.2) is 18.3 Å². The van der Waals surface area contributed by atoms with Gasteiger partial charge in [0.05, 0.1) is 0 Å². The van der Waals surface area contributed by atoms with Crippen molar-refractivity contribution < 1.29 is 4.79 Å². The summed E-state index contributed by atoms with van der Waals surface area (Å²) in [5, 5.41) is 2.77. The van der Waals surface area contributed by atoms with Crippen LogP contribution in [0, 0.1) is 0 Å². The Hall–Kier alpha value is -1.64. The minimum Gasteiger partial charge on any atom is -0.315 e. The number of nitrogens with one attached hydrogen (secondary N) is 1. The van der Waals surface area contributed by atoms with Crippen LogP contribution in [0.1, 0.15) is 18.1 Å². The van der Waals surface area contributed by atoms with Gasteiger partial charge in [-0.15, -0.1) is 0 Å². The molecule has 1 heterocycles. The molecule has 2 rings (SSSR count). The zero-order chi connectivity index (χ0) is 10.7. The molecule has 1 aromatic rings. The Morgan fingerprint density at radius 3 is 2.80 bits per heavy atom. The van der Waals surface area contributed by atoms with Crippen molar-refractivity contribution in [2.45, 2.75) is 19.8 Å². The van der Waals surface area contributed by atoms with E-state index in [1.165, 1.54) is 18.1 Å². The van der Waals surface area contributed by atoms with E-state index >= 15 is 0 Å². The average molecular weight is 202 g/mol. The van der Waals surface area contributed by atoms with Crippen molar-refractivity contribution in [3.05, 3.63) is 35.4 Å². The lowest BCUT2D eigenvalue weighted by Crippen LogP contribution is -2.29. The molecule has 1 aliphatic rings. The topological polar surface area (TPSA) is 41.5 Å². The summed E-state index contributed by atoms with van der Waals surface area (Å²) in [6.07, 6.45) is 1.69. The van der Waals surface area contributed by atoms with Crippen molar-refractivity contribution in [2.75, 3.05) is 6.54 Å². The fourth-order valence-corrected chi connectivity index (χ4v) is 1.81. The van der Waals surface area contributed by atoms with Crippen LogP contribution < -0.4 is 5.32 Å². The van der Waals surface area contributed by atoms with Crippen LogP contribution in [0.3, 0.4) is 0 Å². The molecule has 0 aliphatic carbocycles. The van der Waals surface area contributed by atoms with E-state index in [4.69, 9.17) is 0 Å². The zero-order valence-electron chi connectivity index (χ0n) is 8.79. The summed E-state index contributed by atoms with van der Waals surface area (Å²) in [7, 11) is 0. The van der Waals surface area contributed by atoms with Gasteiger partial charge in [0.1, 0.15) is 5.84 Å². The standard InChI is InChI=1S/C12H14N2O/c1-9(15)14-12-8-11-5-3-2-4-10(11)6-7-13-12/h2-5H,6-8H2,1H3,(H,13,14,15). The van der Waals surface area contributed by atoms with Gasteiger partial charge in [-0.25, -0.2) is 0 Å². The minimum atomic E-state index is -0.0480. The van der Waals surface area contributed by atoms with E-state index in [9.17, 15) is 4.79 Å². The van der Waals surface area contributed by atoms with Crippen LogP contribution in [0.25, 0.3) is 0 Å². The Morgan fingerprint density at radius 2 is 2.07 bits per heavy atom. The van der Waals surface area contributed by atoms with Gasteiger partial charge in [-0.05, 0) is 17.5 Å². The summed E-state index contributed by atoms with van der Waals surface area (Å²) in [4.78, 5) is 15.3. The summed E-state index contributed by atoms with van der Waals surface area (Å²) in [6, 6.07) is 8.29. The zero-order valence-corrected chi connectivity index (χ0v) is 8.79. The first-order valence-corrected chi connectivity index (χ1v) is 5.13. The van der Waals surface area contributed by atoms with Gasteiger partial charge < -0.3 is 5.32 Å². The first kappa shape index (κ1) is 9.90. The summed E-state index contributed by atoms with van der Waals surface area (Å²) in [5.41, 5.74) is 2.60. The van der Waals surface area contributed by atoms with E-state index in [-0.39, 0.29) is 5.91 Å². The van der Waals surface area contributed by atoms with Crippen molar-refractivity contribution >= 4 is 11.7 Å². The van der Waals surface area contributed by atoms with Crippen molar-refractivity contribution in [1.82, 2.24) is 5.32 Å². The molecule has 1 aliphatic heterocycles. The van der Waals surface area contributed by atoms with E-state index in [1.54, 1.807) is 0 Å². The van der Waals surface area contributed by atoms with E-state index in [0.29, 0.717) is 0 Å². The molecule has 1 amide bonds. The monoisotopic (exact) mass is 202 g/mol. The number of hydrogen-bond donors (Lipinski definition) is 1. The summed E-state index contributed by atoms with van der Waals surface area (Å²) in [5.74, 6) is 0.737. The number of fused-ring (bicyclic) bond motifs is 1. The molecular formula is C12H14N2O. The number of carbonyl (C=O) groups is 1. The Bertz CT molecular complexity index is 410. The molecule has 0 unspecified atom stereocenters. The fraction of sp³-hybridized carbons (Fsp3) is 0.333. The van der Waals surface area contributed by atoms with Crippen LogP contribution in [0.5, 0.6) is 0 Å². The highest BCUT2D eigenvalue weighted by Crippen LogP contribution is 2.13. The third-order valence-electron chi connectivity index (χ3n) is 2.48. The first-order valence-electron chi connectivity index (χ1n) is 5.13. The first-order chi connectivity index (χ1) is 7.25. The Labute approximate surface area is 89.2 Å². The maximum absolute atomic E-state index is 10.9. The van der Waals surface area contributed by atoms with E-state index in [2.05, 4.69) is 22.4 Å². The third-order valence-corrected chi connectivity index (χ3v) is 2.48. The van der Waals surface area contributed by atoms with Gasteiger partial charge in [0.25, 0.3) is 0 Å². The molecule has 0 atom stereocenters. The maximum atomic E-state index is 10.9. The number of amidine groups is 1. The van der Waals surface area contributed by atoms with Crippen LogP contribution in [0.15, 0.2) is 29.3 Å². The summed E-state index contributed by atoms with van der Waals surface area (Å²) >= 11 is 0. The molecule has 0 fully saturated rings. The highest BCUT2D eigenvalue weighted by molar-refractivity contribution is 5.98. The number of hydrogen-bond acceptors (Lipinski definition) is 2. The SMILES string of the molecule is CC(=O)NC1=NCCc2ccccc2C1. The van der Waals surface area contributed by atoms with Gasteiger partial charge in [0.15, 0.2) is 0 Å². The molecule has 15 heavy (non-hydrogen) atoms. The Kier molecular flexibility index (Phi) is 2.81. The van der Waals surface area contributed by atoms with Crippen LogP contribution >= 0.6 is 0 Å². The van der Waals surface area contributed by atoms with Crippen LogP contribution in [-0.2, 0) is 17.6 Å². The molecule has 3 nitrogen and oxygen atoms in total. The van der Waals surface area contributed by atoms with Crippen molar-refractivity contribution in [3.63, 3.8) is 0 Å². The number of amides is 1. The largest absolute Gasteiger partial charge is 0.315 e. The quantitative estimate of drug-likeness (QED) is 0.677. The molecule has 1 N–H and O–H groups in total. The Morgan fingerprint density at radius 1 is 1.33 bits per heavy atom. The van der Waals surface area contributed by atoms with E-state index < -0.39 is 0 Å². The molecular weight excluding hydrogens is 188 g/mol.